The smallest absolute Gasteiger partial charge is 0.128 e. The van der Waals surface area contributed by atoms with Crippen LogP contribution in [-0.2, 0) is 6.61 Å². The summed E-state index contributed by atoms with van der Waals surface area (Å²) in [5.74, 6) is 0.782. The van der Waals surface area contributed by atoms with E-state index in [-0.39, 0.29) is 6.61 Å². The summed E-state index contributed by atoms with van der Waals surface area (Å²) in [5.41, 5.74) is 2.40. The third kappa shape index (κ3) is 2.04. The molecule has 1 aromatic heterocycles. The molecule has 0 aliphatic carbocycles. The summed E-state index contributed by atoms with van der Waals surface area (Å²) in [6.07, 6.45) is 0. The Morgan fingerprint density at radius 1 is 1.12 bits per heavy atom. The Balaban J connectivity index is 2.49. The van der Waals surface area contributed by atoms with E-state index >= 15 is 0 Å². The number of hydrogen-bond acceptors (Lipinski definition) is 3. The molecule has 0 bridgehead atoms. The van der Waals surface area contributed by atoms with Crippen LogP contribution < -0.4 is 4.74 Å². The first-order valence-electron chi connectivity index (χ1n) is 5.05. The van der Waals surface area contributed by atoms with E-state index in [9.17, 15) is 0 Å². The first-order chi connectivity index (χ1) is 7.85. The summed E-state index contributed by atoms with van der Waals surface area (Å²) in [7, 11) is 1.63. The molecule has 0 radical (unpaired) electrons. The number of aliphatic hydroxyl groups excluding tert-OH is 1. The quantitative estimate of drug-likeness (QED) is 0.853. The van der Waals surface area contributed by atoms with Crippen molar-refractivity contribution in [2.45, 2.75) is 6.61 Å². The van der Waals surface area contributed by atoms with Crippen LogP contribution in [0.25, 0.3) is 11.3 Å². The second kappa shape index (κ2) is 4.77. The summed E-state index contributed by atoms with van der Waals surface area (Å²) in [6.45, 7) is -0.0526. The average molecular weight is 215 g/mol. The molecule has 0 saturated heterocycles. The van der Waals surface area contributed by atoms with Crippen molar-refractivity contribution in [2.24, 2.45) is 0 Å². The zero-order valence-electron chi connectivity index (χ0n) is 9.05. The Hall–Kier alpha value is -1.87. The molecule has 1 N–H and O–H groups in total. The zero-order chi connectivity index (χ0) is 11.4. The van der Waals surface area contributed by atoms with Crippen molar-refractivity contribution >= 4 is 0 Å². The first-order valence-corrected chi connectivity index (χ1v) is 5.05. The van der Waals surface area contributed by atoms with Crippen molar-refractivity contribution in [2.75, 3.05) is 7.11 Å². The molecular formula is C13H13NO2. The molecule has 0 fully saturated rings. The summed E-state index contributed by atoms with van der Waals surface area (Å²) in [5, 5.41) is 9.04. The highest BCUT2D eigenvalue weighted by Crippen LogP contribution is 2.27. The first kappa shape index (κ1) is 10.6. The number of benzene rings is 1. The summed E-state index contributed by atoms with van der Waals surface area (Å²) in [6, 6.07) is 13.3. The van der Waals surface area contributed by atoms with Crippen LogP contribution in [0.4, 0.5) is 0 Å². The van der Waals surface area contributed by atoms with Crippen LogP contribution in [0, 0.1) is 0 Å². The van der Waals surface area contributed by atoms with Crippen molar-refractivity contribution in [1.82, 2.24) is 4.98 Å². The number of hydrogen-bond donors (Lipinski definition) is 1. The van der Waals surface area contributed by atoms with E-state index in [1.54, 1.807) is 13.2 Å². The Labute approximate surface area is 94.3 Å². The fourth-order valence-electron chi connectivity index (χ4n) is 1.57. The number of pyridine rings is 1. The maximum absolute atomic E-state index is 9.04. The summed E-state index contributed by atoms with van der Waals surface area (Å²) in [4.78, 5) is 4.34. The van der Waals surface area contributed by atoms with Gasteiger partial charge in [-0.25, -0.2) is 0 Å². The van der Waals surface area contributed by atoms with E-state index in [1.807, 2.05) is 36.4 Å². The highest BCUT2D eigenvalue weighted by molar-refractivity contribution is 5.67. The van der Waals surface area contributed by atoms with Gasteiger partial charge in [-0.05, 0) is 24.3 Å². The lowest BCUT2D eigenvalue weighted by Gasteiger charge is -2.08. The molecule has 0 atom stereocenters. The van der Waals surface area contributed by atoms with E-state index in [0.29, 0.717) is 5.69 Å². The van der Waals surface area contributed by atoms with Gasteiger partial charge in [0.25, 0.3) is 0 Å². The Bertz CT molecular complexity index is 483. The van der Waals surface area contributed by atoms with Gasteiger partial charge in [0, 0.05) is 5.56 Å². The van der Waals surface area contributed by atoms with Gasteiger partial charge >= 0.3 is 0 Å². The molecule has 0 spiro atoms. The van der Waals surface area contributed by atoms with Crippen molar-refractivity contribution in [3.8, 4) is 17.0 Å². The molecule has 0 aliphatic rings. The normalized spacial score (nSPS) is 10.1. The molecule has 16 heavy (non-hydrogen) atoms. The van der Waals surface area contributed by atoms with Gasteiger partial charge in [0.1, 0.15) is 5.75 Å². The van der Waals surface area contributed by atoms with Crippen LogP contribution in [0.2, 0.25) is 0 Å². The predicted molar refractivity (Wildman–Crippen MR) is 62.1 cm³/mol. The number of ether oxygens (including phenoxy) is 1. The average Bonchev–Trinajstić information content (AvgIpc) is 2.38. The van der Waals surface area contributed by atoms with Crippen LogP contribution in [0.15, 0.2) is 42.5 Å². The molecule has 2 aromatic rings. The van der Waals surface area contributed by atoms with Crippen molar-refractivity contribution in [3.05, 3.63) is 48.2 Å². The second-order valence-corrected chi connectivity index (χ2v) is 3.37. The highest BCUT2D eigenvalue weighted by atomic mass is 16.5. The monoisotopic (exact) mass is 215 g/mol. The van der Waals surface area contributed by atoms with E-state index in [4.69, 9.17) is 9.84 Å². The fraction of sp³-hybridized carbons (Fsp3) is 0.154. The van der Waals surface area contributed by atoms with E-state index in [0.717, 1.165) is 17.0 Å². The predicted octanol–water partition coefficient (Wildman–Crippen LogP) is 2.25. The third-order valence-corrected chi connectivity index (χ3v) is 2.35. The van der Waals surface area contributed by atoms with Gasteiger partial charge in [-0.1, -0.05) is 18.2 Å². The van der Waals surface area contributed by atoms with Crippen LogP contribution in [0.1, 0.15) is 5.69 Å². The van der Waals surface area contributed by atoms with Gasteiger partial charge < -0.3 is 9.84 Å². The van der Waals surface area contributed by atoms with Crippen molar-refractivity contribution < 1.29 is 9.84 Å². The van der Waals surface area contributed by atoms with Gasteiger partial charge in [0.15, 0.2) is 0 Å². The molecule has 0 saturated carbocycles. The number of methoxy groups -OCH3 is 1. The lowest BCUT2D eigenvalue weighted by atomic mass is 10.1. The van der Waals surface area contributed by atoms with Crippen LogP contribution in [0.5, 0.6) is 5.75 Å². The number of para-hydroxylation sites is 1. The van der Waals surface area contributed by atoms with Crippen molar-refractivity contribution in [3.63, 3.8) is 0 Å². The molecule has 1 aromatic carbocycles. The Morgan fingerprint density at radius 3 is 2.69 bits per heavy atom. The van der Waals surface area contributed by atoms with Crippen molar-refractivity contribution in [1.29, 1.82) is 0 Å². The molecule has 3 nitrogen and oxygen atoms in total. The lowest BCUT2D eigenvalue weighted by Crippen LogP contribution is -1.93. The zero-order valence-corrected chi connectivity index (χ0v) is 9.05. The maximum Gasteiger partial charge on any atom is 0.128 e. The molecule has 82 valence electrons. The maximum atomic E-state index is 9.04. The van der Waals surface area contributed by atoms with E-state index in [2.05, 4.69) is 4.98 Å². The minimum Gasteiger partial charge on any atom is -0.496 e. The van der Waals surface area contributed by atoms with Gasteiger partial charge in [-0.3, -0.25) is 4.98 Å². The largest absolute Gasteiger partial charge is 0.496 e. The Morgan fingerprint density at radius 2 is 1.94 bits per heavy atom. The highest BCUT2D eigenvalue weighted by Gasteiger charge is 2.06. The molecule has 3 heteroatoms. The Kier molecular flexibility index (Phi) is 3.17. The lowest BCUT2D eigenvalue weighted by molar-refractivity contribution is 0.277. The van der Waals surface area contributed by atoms with Crippen LogP contribution in [-0.4, -0.2) is 17.2 Å². The van der Waals surface area contributed by atoms with Gasteiger partial charge in [0.2, 0.25) is 0 Å². The molecule has 0 amide bonds. The van der Waals surface area contributed by atoms with E-state index < -0.39 is 0 Å². The molecule has 1 heterocycles. The van der Waals surface area contributed by atoms with Gasteiger partial charge in [-0.15, -0.1) is 0 Å². The fourth-order valence-corrected chi connectivity index (χ4v) is 1.57. The minimum absolute atomic E-state index is 0.0526. The van der Waals surface area contributed by atoms with Crippen LogP contribution >= 0.6 is 0 Å². The molecular weight excluding hydrogens is 202 g/mol. The molecule has 0 unspecified atom stereocenters. The number of nitrogens with zero attached hydrogens (tertiary/aromatic N) is 1. The van der Waals surface area contributed by atoms with Gasteiger partial charge in [-0.2, -0.15) is 0 Å². The van der Waals surface area contributed by atoms with Gasteiger partial charge in [0.05, 0.1) is 25.1 Å². The standard InChI is InChI=1S/C13H13NO2/c1-16-13-8-3-2-6-11(13)12-7-4-5-10(9-15)14-12/h2-8,15H,9H2,1H3. The molecule has 2 rings (SSSR count). The summed E-state index contributed by atoms with van der Waals surface area (Å²) >= 11 is 0. The number of aromatic nitrogens is 1. The number of rotatable bonds is 3. The minimum atomic E-state index is -0.0526. The topological polar surface area (TPSA) is 42.4 Å². The van der Waals surface area contributed by atoms with E-state index in [1.165, 1.54) is 0 Å². The third-order valence-electron chi connectivity index (χ3n) is 2.35. The summed E-state index contributed by atoms with van der Waals surface area (Å²) < 4.78 is 5.27. The van der Waals surface area contributed by atoms with Crippen LogP contribution in [0.3, 0.4) is 0 Å². The SMILES string of the molecule is COc1ccccc1-c1cccc(CO)n1. The molecule has 0 aliphatic heterocycles. The second-order valence-electron chi connectivity index (χ2n) is 3.37. The number of aliphatic hydroxyl groups is 1.